The van der Waals surface area contributed by atoms with Crippen LogP contribution in [0.15, 0.2) is 42.6 Å². The van der Waals surface area contributed by atoms with E-state index in [1.807, 2.05) is 13.0 Å². The summed E-state index contributed by atoms with van der Waals surface area (Å²) in [5.74, 6) is 6.06. The van der Waals surface area contributed by atoms with Crippen LogP contribution in [0.2, 0.25) is 0 Å². The second-order valence-corrected chi connectivity index (χ2v) is 8.19. The van der Waals surface area contributed by atoms with Gasteiger partial charge in [0.1, 0.15) is 0 Å². The maximum atomic E-state index is 13.1. The number of carbonyl (C=O) groups is 2. The third-order valence-corrected chi connectivity index (χ3v) is 5.76. The van der Waals surface area contributed by atoms with Gasteiger partial charge in [-0.25, -0.2) is 4.79 Å². The van der Waals surface area contributed by atoms with Crippen LogP contribution in [0, 0.1) is 18.8 Å². The van der Waals surface area contributed by atoms with Gasteiger partial charge in [0.05, 0.1) is 23.8 Å². The summed E-state index contributed by atoms with van der Waals surface area (Å²) in [6.45, 7) is 4.22. The molecule has 2 aromatic rings. The van der Waals surface area contributed by atoms with E-state index in [2.05, 4.69) is 51.7 Å². The van der Waals surface area contributed by atoms with E-state index in [1.165, 1.54) is 16.9 Å². The zero-order valence-corrected chi connectivity index (χ0v) is 19.1. The Labute approximate surface area is 195 Å². The van der Waals surface area contributed by atoms with E-state index >= 15 is 0 Å². The number of aromatic nitrogens is 1. The molecule has 2 heterocycles. The molecule has 1 fully saturated rings. The van der Waals surface area contributed by atoms with Crippen molar-refractivity contribution >= 4 is 11.9 Å². The van der Waals surface area contributed by atoms with Gasteiger partial charge in [0.15, 0.2) is 5.78 Å². The van der Waals surface area contributed by atoms with Crippen LogP contribution in [0.25, 0.3) is 0 Å². The molecule has 1 unspecified atom stereocenters. The minimum atomic E-state index is -1.01. The van der Waals surface area contributed by atoms with Crippen molar-refractivity contribution in [3.05, 3.63) is 65.0 Å². The molecule has 3 rings (SSSR count). The minimum absolute atomic E-state index is 0.133. The maximum Gasteiger partial charge on any atom is 0.407 e. The molecule has 1 aromatic carbocycles. The number of benzene rings is 1. The number of aryl methyl sites for hydroxylation is 2. The fourth-order valence-corrected chi connectivity index (χ4v) is 3.90. The van der Waals surface area contributed by atoms with Crippen LogP contribution in [-0.4, -0.2) is 65.6 Å². The van der Waals surface area contributed by atoms with E-state index in [1.54, 1.807) is 12.3 Å². The zero-order valence-electron chi connectivity index (χ0n) is 19.1. The van der Waals surface area contributed by atoms with Crippen molar-refractivity contribution in [1.82, 2.24) is 20.5 Å². The van der Waals surface area contributed by atoms with Crippen molar-refractivity contribution in [2.75, 3.05) is 32.7 Å². The van der Waals surface area contributed by atoms with E-state index in [0.29, 0.717) is 36.5 Å². The van der Waals surface area contributed by atoms with E-state index in [4.69, 9.17) is 0 Å². The van der Waals surface area contributed by atoms with Gasteiger partial charge in [-0.3, -0.25) is 9.78 Å². The summed E-state index contributed by atoms with van der Waals surface area (Å²) in [7, 11) is 0. The molecule has 0 spiro atoms. The average Bonchev–Trinajstić information content (AvgIpc) is 2.84. The Hall–Kier alpha value is -3.21. The van der Waals surface area contributed by atoms with Gasteiger partial charge in [-0.2, -0.15) is 0 Å². The number of piperazine rings is 1. The van der Waals surface area contributed by atoms with Crippen molar-refractivity contribution in [3.63, 3.8) is 0 Å². The summed E-state index contributed by atoms with van der Waals surface area (Å²) in [4.78, 5) is 29.9. The number of carbonyl (C=O) groups excluding carboxylic acids is 1. The third kappa shape index (κ3) is 7.41. The lowest BCUT2D eigenvalue weighted by Gasteiger charge is -2.31. The molecule has 7 heteroatoms. The van der Waals surface area contributed by atoms with Gasteiger partial charge < -0.3 is 20.6 Å². The van der Waals surface area contributed by atoms with Crippen LogP contribution in [0.4, 0.5) is 4.79 Å². The van der Waals surface area contributed by atoms with Crippen LogP contribution >= 0.6 is 0 Å². The molecule has 3 N–H and O–H groups in total. The van der Waals surface area contributed by atoms with Gasteiger partial charge in [-0.15, -0.1) is 0 Å². The van der Waals surface area contributed by atoms with Gasteiger partial charge in [0.25, 0.3) is 0 Å². The lowest BCUT2D eigenvalue weighted by Crippen LogP contribution is -2.55. The van der Waals surface area contributed by atoms with Crippen molar-refractivity contribution in [2.24, 2.45) is 0 Å². The summed E-state index contributed by atoms with van der Waals surface area (Å²) in [6.07, 6.45) is 5.13. The summed E-state index contributed by atoms with van der Waals surface area (Å²) in [6, 6.07) is 11.6. The van der Waals surface area contributed by atoms with Crippen molar-refractivity contribution in [3.8, 4) is 11.8 Å². The quantitative estimate of drug-likeness (QED) is 0.310. The Morgan fingerprint density at radius 3 is 2.82 bits per heavy atom. The van der Waals surface area contributed by atoms with Crippen LogP contribution in [0.3, 0.4) is 0 Å². The second kappa shape index (κ2) is 12.7. The molecule has 1 saturated heterocycles. The predicted molar refractivity (Wildman–Crippen MR) is 128 cm³/mol. The number of nitrogens with zero attached hydrogens (tertiary/aromatic N) is 2. The smallest absolute Gasteiger partial charge is 0.407 e. The molecule has 1 aliphatic rings. The molecule has 0 radical (unpaired) electrons. The van der Waals surface area contributed by atoms with E-state index in [9.17, 15) is 14.7 Å². The Morgan fingerprint density at radius 2 is 2.03 bits per heavy atom. The minimum Gasteiger partial charge on any atom is -0.465 e. The van der Waals surface area contributed by atoms with Crippen LogP contribution in [-0.2, 0) is 6.42 Å². The zero-order chi connectivity index (χ0) is 23.5. The highest BCUT2D eigenvalue weighted by molar-refractivity contribution is 6.02. The van der Waals surface area contributed by atoms with Crippen LogP contribution in [0.5, 0.6) is 0 Å². The Morgan fingerprint density at radius 1 is 1.21 bits per heavy atom. The first-order valence-electron chi connectivity index (χ1n) is 11.5. The van der Waals surface area contributed by atoms with E-state index in [0.717, 1.165) is 25.8 Å². The molecule has 7 nitrogen and oxygen atoms in total. The van der Waals surface area contributed by atoms with E-state index < -0.39 is 12.1 Å². The summed E-state index contributed by atoms with van der Waals surface area (Å²) < 4.78 is 0. The fourth-order valence-electron chi connectivity index (χ4n) is 3.90. The molecule has 0 saturated carbocycles. The van der Waals surface area contributed by atoms with Crippen LogP contribution < -0.4 is 10.6 Å². The number of Topliss-reactive ketones (excluding diaryl/α,β-unsaturated/α-hetero) is 1. The van der Waals surface area contributed by atoms with Gasteiger partial charge in [0.2, 0.25) is 0 Å². The average molecular weight is 449 g/mol. The molecule has 0 aliphatic carbocycles. The summed E-state index contributed by atoms with van der Waals surface area (Å²) >= 11 is 0. The first-order chi connectivity index (χ1) is 16.1. The highest BCUT2D eigenvalue weighted by Crippen LogP contribution is 2.15. The SMILES string of the molecule is Cc1nccc(C(=O)C2CN(C(=O)O)CCN2)c1C#CCNCCCCCc1ccccc1. The lowest BCUT2D eigenvalue weighted by atomic mass is 9.97. The summed E-state index contributed by atoms with van der Waals surface area (Å²) in [5, 5.41) is 15.7. The summed E-state index contributed by atoms with van der Waals surface area (Å²) in [5.41, 5.74) is 3.18. The van der Waals surface area contributed by atoms with Gasteiger partial charge in [0, 0.05) is 31.4 Å². The molecule has 174 valence electrons. The van der Waals surface area contributed by atoms with Gasteiger partial charge >= 0.3 is 6.09 Å². The highest BCUT2D eigenvalue weighted by atomic mass is 16.4. The van der Waals surface area contributed by atoms with Gasteiger partial charge in [-0.05, 0) is 44.4 Å². The number of rotatable bonds is 9. The number of ketones is 1. The normalized spacial score (nSPS) is 15.5. The van der Waals surface area contributed by atoms with E-state index in [-0.39, 0.29) is 12.3 Å². The second-order valence-electron chi connectivity index (χ2n) is 8.19. The topological polar surface area (TPSA) is 94.6 Å². The number of unbranched alkanes of at least 4 members (excludes halogenated alkanes) is 2. The lowest BCUT2D eigenvalue weighted by molar-refractivity contribution is 0.0866. The van der Waals surface area contributed by atoms with Crippen molar-refractivity contribution in [1.29, 1.82) is 0 Å². The number of hydrogen-bond donors (Lipinski definition) is 3. The molecule has 1 atom stereocenters. The maximum absolute atomic E-state index is 13.1. The number of pyridine rings is 1. The molecule has 1 amide bonds. The number of carboxylic acid groups (broad SMARTS) is 1. The third-order valence-electron chi connectivity index (χ3n) is 5.76. The molecule has 33 heavy (non-hydrogen) atoms. The fraction of sp³-hybridized carbons (Fsp3) is 0.423. The Balaban J connectivity index is 1.47. The highest BCUT2D eigenvalue weighted by Gasteiger charge is 2.29. The van der Waals surface area contributed by atoms with Crippen LogP contribution in [0.1, 0.15) is 46.4 Å². The Kier molecular flexibility index (Phi) is 9.43. The first-order valence-corrected chi connectivity index (χ1v) is 11.5. The Bertz CT molecular complexity index is 998. The predicted octanol–water partition coefficient (Wildman–Crippen LogP) is 2.88. The standard InChI is InChI=1S/C26H32N4O3/c1-20-22(12-8-15-27-14-7-3-6-11-21-9-4-2-5-10-21)23(13-16-28-20)25(31)24-19-30(26(32)33)18-17-29-24/h2,4-5,9-10,13,16,24,27,29H,3,6-7,11,14-15,17-19H2,1H3,(H,32,33). The number of hydrogen-bond acceptors (Lipinski definition) is 5. The monoisotopic (exact) mass is 448 g/mol. The molecular formula is C26H32N4O3. The molecule has 1 aromatic heterocycles. The number of nitrogens with one attached hydrogen (secondary N) is 2. The van der Waals surface area contributed by atoms with Crippen molar-refractivity contribution in [2.45, 2.75) is 38.6 Å². The van der Waals surface area contributed by atoms with Gasteiger partial charge in [-0.1, -0.05) is 48.6 Å². The largest absolute Gasteiger partial charge is 0.465 e. The molecule has 1 aliphatic heterocycles. The molecule has 0 bridgehead atoms. The van der Waals surface area contributed by atoms with Crippen molar-refractivity contribution < 1.29 is 14.7 Å². The number of amides is 1. The molecular weight excluding hydrogens is 416 g/mol. The first kappa shape index (κ1) is 24.4.